The Morgan fingerprint density at radius 1 is 1.26 bits per heavy atom. The SMILES string of the molecule is CNC(=O)[C@@]1(Cc2cccc(-c3cccs3)c2)CCN(C(=O)c2cc(C(C)C)[nH]n2)C1. The minimum Gasteiger partial charge on any atom is -0.359 e. The van der Waals surface area contributed by atoms with Crippen LogP contribution in [0.3, 0.4) is 0 Å². The Bertz CT molecular complexity index is 1070. The fourth-order valence-electron chi connectivity index (χ4n) is 4.29. The summed E-state index contributed by atoms with van der Waals surface area (Å²) in [4.78, 5) is 29.0. The Kier molecular flexibility index (Phi) is 5.96. The van der Waals surface area contributed by atoms with E-state index in [1.807, 2.05) is 18.2 Å². The van der Waals surface area contributed by atoms with Gasteiger partial charge in [0.1, 0.15) is 5.69 Å². The number of likely N-dealkylation sites (tertiary alicyclic amines) is 1. The second-order valence-corrected chi connectivity index (χ2v) is 9.50. The maximum atomic E-state index is 13.1. The molecular formula is C24H28N4O2S. The van der Waals surface area contributed by atoms with E-state index in [1.165, 1.54) is 4.88 Å². The van der Waals surface area contributed by atoms with Gasteiger partial charge < -0.3 is 10.2 Å². The van der Waals surface area contributed by atoms with Crippen LogP contribution in [-0.4, -0.2) is 47.0 Å². The molecular weight excluding hydrogens is 408 g/mol. The summed E-state index contributed by atoms with van der Waals surface area (Å²) in [6, 6.07) is 14.3. The number of carbonyl (C=O) groups is 2. The number of aromatic amines is 1. The second kappa shape index (κ2) is 8.67. The number of nitrogens with zero attached hydrogens (tertiary/aromatic N) is 2. The van der Waals surface area contributed by atoms with Gasteiger partial charge in [-0.1, -0.05) is 44.2 Å². The molecule has 2 N–H and O–H groups in total. The molecule has 0 saturated carbocycles. The number of rotatable bonds is 6. The number of aromatic nitrogens is 2. The van der Waals surface area contributed by atoms with Crippen LogP contribution in [0.25, 0.3) is 10.4 Å². The Labute approximate surface area is 186 Å². The third-order valence-electron chi connectivity index (χ3n) is 6.06. The predicted molar refractivity (Wildman–Crippen MR) is 123 cm³/mol. The van der Waals surface area contributed by atoms with E-state index in [2.05, 4.69) is 59.0 Å². The number of thiophene rings is 1. The first-order valence-corrected chi connectivity index (χ1v) is 11.5. The lowest BCUT2D eigenvalue weighted by molar-refractivity contribution is -0.129. The van der Waals surface area contributed by atoms with Gasteiger partial charge in [0, 0.05) is 30.7 Å². The molecule has 2 aromatic heterocycles. The summed E-state index contributed by atoms with van der Waals surface area (Å²) in [5.74, 6) is 0.128. The van der Waals surface area contributed by atoms with E-state index in [1.54, 1.807) is 23.3 Å². The minimum absolute atomic E-state index is 0.0192. The summed E-state index contributed by atoms with van der Waals surface area (Å²) in [5, 5.41) is 12.0. The van der Waals surface area contributed by atoms with Gasteiger partial charge >= 0.3 is 0 Å². The molecule has 1 atom stereocenters. The van der Waals surface area contributed by atoms with Crippen LogP contribution in [0.4, 0.5) is 0 Å². The van der Waals surface area contributed by atoms with Gasteiger partial charge in [-0.05, 0) is 47.4 Å². The number of carbonyl (C=O) groups excluding carboxylic acids is 2. The zero-order chi connectivity index (χ0) is 22.0. The third-order valence-corrected chi connectivity index (χ3v) is 6.98. The van der Waals surface area contributed by atoms with Crippen LogP contribution in [0.5, 0.6) is 0 Å². The van der Waals surface area contributed by atoms with Gasteiger partial charge in [-0.25, -0.2) is 0 Å². The summed E-state index contributed by atoms with van der Waals surface area (Å²) in [6.07, 6.45) is 1.22. The summed E-state index contributed by atoms with van der Waals surface area (Å²) in [5.41, 5.74) is 2.96. The monoisotopic (exact) mass is 436 g/mol. The molecule has 3 heterocycles. The van der Waals surface area contributed by atoms with E-state index < -0.39 is 5.41 Å². The van der Waals surface area contributed by atoms with Crippen molar-refractivity contribution in [1.29, 1.82) is 0 Å². The largest absolute Gasteiger partial charge is 0.359 e. The molecule has 7 heteroatoms. The lowest BCUT2D eigenvalue weighted by Crippen LogP contribution is -2.44. The van der Waals surface area contributed by atoms with E-state index in [0.29, 0.717) is 31.6 Å². The molecule has 4 rings (SSSR count). The Hall–Kier alpha value is -2.93. The van der Waals surface area contributed by atoms with E-state index >= 15 is 0 Å². The van der Waals surface area contributed by atoms with E-state index in [9.17, 15) is 9.59 Å². The van der Waals surface area contributed by atoms with Crippen LogP contribution < -0.4 is 5.32 Å². The molecule has 1 aliphatic rings. The first-order valence-electron chi connectivity index (χ1n) is 10.6. The molecule has 0 radical (unpaired) electrons. The fourth-order valence-corrected chi connectivity index (χ4v) is 5.02. The zero-order valence-electron chi connectivity index (χ0n) is 18.1. The smallest absolute Gasteiger partial charge is 0.274 e. The molecule has 31 heavy (non-hydrogen) atoms. The van der Waals surface area contributed by atoms with Crippen molar-refractivity contribution in [1.82, 2.24) is 20.4 Å². The topological polar surface area (TPSA) is 78.1 Å². The van der Waals surface area contributed by atoms with Gasteiger partial charge in [0.15, 0.2) is 0 Å². The number of benzene rings is 1. The molecule has 0 aliphatic carbocycles. The van der Waals surface area contributed by atoms with Crippen molar-refractivity contribution >= 4 is 23.2 Å². The summed E-state index contributed by atoms with van der Waals surface area (Å²) >= 11 is 1.70. The zero-order valence-corrected chi connectivity index (χ0v) is 19.0. The molecule has 0 spiro atoms. The summed E-state index contributed by atoms with van der Waals surface area (Å²) in [6.45, 7) is 5.04. The predicted octanol–water partition coefficient (Wildman–Crippen LogP) is 4.08. The Morgan fingerprint density at radius 3 is 2.77 bits per heavy atom. The normalized spacial score (nSPS) is 18.5. The fraction of sp³-hybridized carbons (Fsp3) is 0.375. The highest BCUT2D eigenvalue weighted by Crippen LogP contribution is 2.36. The lowest BCUT2D eigenvalue weighted by atomic mass is 9.79. The maximum absolute atomic E-state index is 13.1. The highest BCUT2D eigenvalue weighted by atomic mass is 32.1. The molecule has 162 valence electrons. The van der Waals surface area contributed by atoms with Crippen molar-refractivity contribution in [2.75, 3.05) is 20.1 Å². The molecule has 2 amide bonds. The van der Waals surface area contributed by atoms with Gasteiger partial charge in [0.2, 0.25) is 5.91 Å². The summed E-state index contributed by atoms with van der Waals surface area (Å²) < 4.78 is 0. The maximum Gasteiger partial charge on any atom is 0.274 e. The number of H-pyrrole nitrogens is 1. The lowest BCUT2D eigenvalue weighted by Gasteiger charge is -2.27. The molecule has 1 aliphatic heterocycles. The van der Waals surface area contributed by atoms with Crippen LogP contribution in [0, 0.1) is 5.41 Å². The van der Waals surface area contributed by atoms with Gasteiger partial charge in [-0.2, -0.15) is 5.10 Å². The first kappa shape index (κ1) is 21.3. The molecule has 1 saturated heterocycles. The number of nitrogens with one attached hydrogen (secondary N) is 2. The number of hydrogen-bond donors (Lipinski definition) is 2. The van der Waals surface area contributed by atoms with Gasteiger partial charge in [0.05, 0.1) is 5.41 Å². The van der Waals surface area contributed by atoms with Crippen molar-refractivity contribution < 1.29 is 9.59 Å². The van der Waals surface area contributed by atoms with E-state index in [4.69, 9.17) is 0 Å². The third kappa shape index (κ3) is 4.28. The highest BCUT2D eigenvalue weighted by Gasteiger charge is 2.46. The molecule has 1 aromatic carbocycles. The van der Waals surface area contributed by atoms with Crippen LogP contribution >= 0.6 is 11.3 Å². The minimum atomic E-state index is -0.643. The Morgan fingerprint density at radius 2 is 2.10 bits per heavy atom. The Balaban J connectivity index is 1.56. The summed E-state index contributed by atoms with van der Waals surface area (Å²) in [7, 11) is 1.67. The van der Waals surface area contributed by atoms with Crippen LogP contribution in [0.15, 0.2) is 47.8 Å². The molecule has 0 bridgehead atoms. The van der Waals surface area contributed by atoms with E-state index in [0.717, 1.165) is 16.8 Å². The van der Waals surface area contributed by atoms with Gasteiger partial charge in [0.25, 0.3) is 5.91 Å². The first-order chi connectivity index (χ1) is 14.9. The highest BCUT2D eigenvalue weighted by molar-refractivity contribution is 7.13. The second-order valence-electron chi connectivity index (χ2n) is 8.55. The number of hydrogen-bond acceptors (Lipinski definition) is 4. The van der Waals surface area contributed by atoms with Gasteiger partial charge in [-0.3, -0.25) is 14.7 Å². The van der Waals surface area contributed by atoms with Crippen LogP contribution in [0.2, 0.25) is 0 Å². The molecule has 3 aromatic rings. The molecule has 0 unspecified atom stereocenters. The van der Waals surface area contributed by atoms with Crippen molar-refractivity contribution in [3.05, 3.63) is 64.8 Å². The van der Waals surface area contributed by atoms with Crippen molar-refractivity contribution in [2.45, 2.75) is 32.6 Å². The molecule has 6 nitrogen and oxygen atoms in total. The molecule has 1 fully saturated rings. The number of amides is 2. The average Bonchev–Trinajstić information content (AvgIpc) is 3.54. The quantitative estimate of drug-likeness (QED) is 0.611. The van der Waals surface area contributed by atoms with Gasteiger partial charge in [-0.15, -0.1) is 11.3 Å². The van der Waals surface area contributed by atoms with Crippen molar-refractivity contribution in [2.24, 2.45) is 5.41 Å². The van der Waals surface area contributed by atoms with Crippen molar-refractivity contribution in [3.63, 3.8) is 0 Å². The van der Waals surface area contributed by atoms with Crippen molar-refractivity contribution in [3.8, 4) is 10.4 Å². The van der Waals surface area contributed by atoms with Crippen LogP contribution in [0.1, 0.15) is 47.9 Å². The van der Waals surface area contributed by atoms with E-state index in [-0.39, 0.29) is 17.7 Å². The van der Waals surface area contributed by atoms with Crippen LogP contribution in [-0.2, 0) is 11.2 Å². The standard InChI is InChI=1S/C24H28N4O2S/c1-16(2)19-13-20(27-26-19)22(29)28-10-9-24(15-28,23(30)25-3)14-17-6-4-7-18(12-17)21-8-5-11-31-21/h4-8,11-13,16H,9-10,14-15H2,1-3H3,(H,25,30)(H,26,27)/t24-/m1/s1. The average molecular weight is 437 g/mol.